The molecule has 1 aromatic heterocycles. The lowest BCUT2D eigenvalue weighted by Crippen LogP contribution is -2.34. The van der Waals surface area contributed by atoms with Crippen LogP contribution in [-0.4, -0.2) is 44.1 Å². The number of halogens is 1. The Kier molecular flexibility index (Phi) is 5.80. The molecule has 1 fully saturated rings. The van der Waals surface area contributed by atoms with Crippen LogP contribution >= 0.6 is 0 Å². The van der Waals surface area contributed by atoms with Crippen molar-refractivity contribution in [1.29, 1.82) is 0 Å². The van der Waals surface area contributed by atoms with Gasteiger partial charge >= 0.3 is 0 Å². The molecule has 1 aliphatic heterocycles. The molecule has 1 aliphatic rings. The predicted octanol–water partition coefficient (Wildman–Crippen LogP) is 3.51. The van der Waals surface area contributed by atoms with Crippen molar-refractivity contribution in [3.8, 4) is 5.69 Å². The van der Waals surface area contributed by atoms with E-state index in [9.17, 15) is 19.3 Å². The molecule has 0 aliphatic carbocycles. The van der Waals surface area contributed by atoms with Gasteiger partial charge in [0.1, 0.15) is 5.82 Å². The molecule has 0 spiro atoms. The topological polar surface area (TPSA) is 119 Å². The Bertz CT molecular complexity index is 1170. The van der Waals surface area contributed by atoms with Crippen molar-refractivity contribution in [3.05, 3.63) is 63.7 Å². The summed E-state index contributed by atoms with van der Waals surface area (Å²) in [6.45, 7) is 5.34. The van der Waals surface area contributed by atoms with Crippen LogP contribution in [0.4, 0.5) is 21.5 Å². The number of nitro groups is 1. The highest BCUT2D eigenvalue weighted by Crippen LogP contribution is 2.30. The number of piperidine rings is 1. The van der Waals surface area contributed by atoms with Crippen molar-refractivity contribution >= 4 is 23.0 Å². The first-order valence-electron chi connectivity index (χ1n) is 10.2. The van der Waals surface area contributed by atoms with Gasteiger partial charge in [-0.1, -0.05) is 6.92 Å². The molecule has 1 saturated heterocycles. The Morgan fingerprint density at radius 2 is 1.97 bits per heavy atom. The molecule has 0 unspecified atom stereocenters. The molecule has 0 saturated carbocycles. The Balaban J connectivity index is 1.67. The summed E-state index contributed by atoms with van der Waals surface area (Å²) in [6, 6.07) is 8.30. The molecule has 3 aromatic rings. The highest BCUT2D eigenvalue weighted by Gasteiger charge is 2.24. The van der Waals surface area contributed by atoms with Crippen LogP contribution in [0, 0.1) is 28.8 Å². The van der Waals surface area contributed by atoms with Crippen LogP contribution in [0.15, 0.2) is 36.4 Å². The van der Waals surface area contributed by atoms with Crippen molar-refractivity contribution in [2.24, 2.45) is 5.92 Å². The fraction of sp³-hybridized carbons (Fsp3) is 0.333. The number of anilines is 2. The Hall–Kier alpha value is -3.89. The minimum Gasteiger partial charge on any atom is -0.371 e. The molecule has 1 amide bonds. The number of aromatic nitrogens is 4. The zero-order valence-corrected chi connectivity index (χ0v) is 17.7. The van der Waals surface area contributed by atoms with E-state index >= 15 is 0 Å². The number of non-ortho nitro benzene ring substituents is 1. The molecule has 10 nitrogen and oxygen atoms in total. The van der Waals surface area contributed by atoms with Gasteiger partial charge in [-0.3, -0.25) is 14.9 Å². The average molecular weight is 439 g/mol. The van der Waals surface area contributed by atoms with Gasteiger partial charge in [0.25, 0.3) is 11.6 Å². The van der Waals surface area contributed by atoms with Crippen LogP contribution in [-0.2, 0) is 0 Å². The molecule has 0 radical (unpaired) electrons. The van der Waals surface area contributed by atoms with Gasteiger partial charge in [0.2, 0.25) is 0 Å². The zero-order chi connectivity index (χ0) is 22.8. The number of nitrogens with zero attached hydrogens (tertiary/aromatic N) is 6. The number of nitro benzene ring substituents is 1. The van der Waals surface area contributed by atoms with Gasteiger partial charge in [-0.25, -0.2) is 4.39 Å². The second kappa shape index (κ2) is 8.69. The van der Waals surface area contributed by atoms with Crippen LogP contribution in [0.3, 0.4) is 0 Å². The van der Waals surface area contributed by atoms with Crippen molar-refractivity contribution in [2.75, 3.05) is 23.3 Å². The van der Waals surface area contributed by atoms with Gasteiger partial charge in [-0.05, 0) is 60.4 Å². The molecular weight excluding hydrogens is 417 g/mol. The van der Waals surface area contributed by atoms with E-state index < -0.39 is 16.6 Å². The molecule has 0 atom stereocenters. The molecule has 166 valence electrons. The highest BCUT2D eigenvalue weighted by molar-refractivity contribution is 6.08. The van der Waals surface area contributed by atoms with Gasteiger partial charge in [0.15, 0.2) is 5.82 Å². The van der Waals surface area contributed by atoms with E-state index in [1.165, 1.54) is 35.0 Å². The normalized spacial score (nSPS) is 14.4. The maximum Gasteiger partial charge on any atom is 0.270 e. The number of amides is 1. The van der Waals surface area contributed by atoms with E-state index in [1.54, 1.807) is 13.0 Å². The van der Waals surface area contributed by atoms with Gasteiger partial charge < -0.3 is 10.2 Å². The van der Waals surface area contributed by atoms with Crippen molar-refractivity contribution in [1.82, 2.24) is 20.2 Å². The third-order valence-electron chi connectivity index (χ3n) is 5.63. The lowest BCUT2D eigenvalue weighted by atomic mass is 9.98. The minimum atomic E-state index is -0.647. The summed E-state index contributed by atoms with van der Waals surface area (Å²) in [6.07, 6.45) is 1.92. The number of hydrogen-bond acceptors (Lipinski definition) is 7. The average Bonchev–Trinajstić information content (AvgIpc) is 3.21. The fourth-order valence-corrected chi connectivity index (χ4v) is 3.75. The molecule has 11 heteroatoms. The van der Waals surface area contributed by atoms with E-state index in [0.717, 1.165) is 25.9 Å². The summed E-state index contributed by atoms with van der Waals surface area (Å²) in [5, 5.41) is 25.1. The second-order valence-electron chi connectivity index (χ2n) is 7.88. The third-order valence-corrected chi connectivity index (χ3v) is 5.63. The second-order valence-corrected chi connectivity index (χ2v) is 7.88. The minimum absolute atomic E-state index is 0.0767. The fourth-order valence-electron chi connectivity index (χ4n) is 3.75. The van der Waals surface area contributed by atoms with Crippen molar-refractivity contribution in [2.45, 2.75) is 26.7 Å². The summed E-state index contributed by atoms with van der Waals surface area (Å²) in [5.41, 5.74) is 0.897. The van der Waals surface area contributed by atoms with Crippen LogP contribution in [0.2, 0.25) is 0 Å². The first-order chi connectivity index (χ1) is 15.3. The Morgan fingerprint density at radius 1 is 1.22 bits per heavy atom. The molecular formula is C21H22FN7O3. The van der Waals surface area contributed by atoms with Crippen molar-refractivity contribution in [3.63, 3.8) is 0 Å². The zero-order valence-electron chi connectivity index (χ0n) is 17.7. The lowest BCUT2D eigenvalue weighted by Gasteiger charge is -2.33. The van der Waals surface area contributed by atoms with Crippen LogP contribution in [0.5, 0.6) is 0 Å². The van der Waals surface area contributed by atoms with Crippen LogP contribution in [0.1, 0.15) is 35.9 Å². The molecule has 0 bridgehead atoms. The first kappa shape index (κ1) is 21.3. The number of rotatable bonds is 5. The van der Waals surface area contributed by atoms with E-state index in [1.807, 2.05) is 4.90 Å². The maximum absolute atomic E-state index is 14.5. The smallest absolute Gasteiger partial charge is 0.270 e. The van der Waals surface area contributed by atoms with Gasteiger partial charge in [0, 0.05) is 25.2 Å². The summed E-state index contributed by atoms with van der Waals surface area (Å²) in [7, 11) is 0. The van der Waals surface area contributed by atoms with E-state index in [4.69, 9.17) is 0 Å². The lowest BCUT2D eigenvalue weighted by molar-refractivity contribution is -0.384. The summed E-state index contributed by atoms with van der Waals surface area (Å²) in [4.78, 5) is 25.9. The molecule has 4 rings (SSSR count). The van der Waals surface area contributed by atoms with Crippen LogP contribution in [0.25, 0.3) is 5.69 Å². The number of nitrogens with one attached hydrogen (secondary N) is 1. The SMILES string of the molecule is Cc1nnnn1-c1ccc(F)c(NC(=O)c2cc([N+](=O)[O-])ccc2N2CCC(C)CC2)c1. The predicted molar refractivity (Wildman–Crippen MR) is 116 cm³/mol. The van der Waals surface area contributed by atoms with Gasteiger partial charge in [0.05, 0.1) is 27.5 Å². The van der Waals surface area contributed by atoms with Crippen LogP contribution < -0.4 is 10.2 Å². The monoisotopic (exact) mass is 439 g/mol. The molecule has 2 aromatic carbocycles. The largest absolute Gasteiger partial charge is 0.371 e. The van der Waals surface area contributed by atoms with E-state index in [2.05, 4.69) is 27.8 Å². The number of aryl methyl sites for hydroxylation is 1. The number of benzene rings is 2. The highest BCUT2D eigenvalue weighted by atomic mass is 19.1. The molecule has 1 N–H and O–H groups in total. The number of hydrogen-bond donors (Lipinski definition) is 1. The first-order valence-corrected chi connectivity index (χ1v) is 10.2. The number of tetrazole rings is 1. The quantitative estimate of drug-likeness (QED) is 0.477. The van der Waals surface area contributed by atoms with E-state index in [-0.39, 0.29) is 16.9 Å². The van der Waals surface area contributed by atoms with Crippen molar-refractivity contribution < 1.29 is 14.1 Å². The maximum atomic E-state index is 14.5. The Morgan fingerprint density at radius 3 is 2.62 bits per heavy atom. The molecule has 32 heavy (non-hydrogen) atoms. The van der Waals surface area contributed by atoms with Gasteiger partial charge in [-0.2, -0.15) is 4.68 Å². The summed E-state index contributed by atoms with van der Waals surface area (Å²) >= 11 is 0. The van der Waals surface area contributed by atoms with E-state index in [0.29, 0.717) is 23.1 Å². The number of carbonyl (C=O) groups is 1. The third kappa shape index (κ3) is 4.27. The van der Waals surface area contributed by atoms with Gasteiger partial charge in [-0.15, -0.1) is 5.10 Å². The number of carbonyl (C=O) groups excluding carboxylic acids is 1. The Labute approximate surface area is 183 Å². The summed E-state index contributed by atoms with van der Waals surface area (Å²) < 4.78 is 15.9. The summed E-state index contributed by atoms with van der Waals surface area (Å²) in [5.74, 6) is -0.208. The molecule has 2 heterocycles. The standard InChI is InChI=1S/C21H22FN7O3/c1-13-7-9-27(10-8-13)20-6-4-16(29(31)32)11-17(20)21(30)23-19-12-15(3-5-18(19)22)28-14(2)24-25-26-28/h3-6,11-13H,7-10H2,1-2H3,(H,23,30).